The van der Waals surface area contributed by atoms with E-state index in [0.717, 1.165) is 0 Å². The van der Waals surface area contributed by atoms with Crippen molar-refractivity contribution in [2.75, 3.05) is 0 Å². The van der Waals surface area contributed by atoms with E-state index in [1.165, 1.54) is 0 Å². The number of aliphatic hydroxyl groups excluding tert-OH is 1. The lowest BCUT2D eigenvalue weighted by Gasteiger charge is -2.38. The van der Waals surface area contributed by atoms with E-state index < -0.39 is 8.32 Å². The van der Waals surface area contributed by atoms with Crippen LogP contribution in [-0.4, -0.2) is 19.5 Å². The SMILES string of the molecule is C[C](O)C(C)O[Si](C)(C)C(C)(C)C. The van der Waals surface area contributed by atoms with Crippen LogP contribution in [0.4, 0.5) is 0 Å². The molecule has 0 aliphatic rings. The fourth-order valence-corrected chi connectivity index (χ4v) is 2.11. The number of rotatable bonds is 3. The Labute approximate surface area is 83.4 Å². The molecule has 1 radical (unpaired) electrons. The van der Waals surface area contributed by atoms with E-state index in [1.54, 1.807) is 6.92 Å². The van der Waals surface area contributed by atoms with Crippen LogP contribution >= 0.6 is 0 Å². The highest BCUT2D eigenvalue weighted by Crippen LogP contribution is 2.37. The number of aliphatic hydroxyl groups is 1. The lowest BCUT2D eigenvalue weighted by Crippen LogP contribution is -2.44. The summed E-state index contributed by atoms with van der Waals surface area (Å²) < 4.78 is 5.92. The molecule has 0 heterocycles. The van der Waals surface area contributed by atoms with E-state index in [1.807, 2.05) is 6.92 Å². The zero-order valence-corrected chi connectivity index (χ0v) is 10.9. The second-order valence-electron chi connectivity index (χ2n) is 5.16. The van der Waals surface area contributed by atoms with Crippen molar-refractivity contribution in [2.24, 2.45) is 0 Å². The maximum Gasteiger partial charge on any atom is 0.192 e. The molecule has 0 aromatic carbocycles. The van der Waals surface area contributed by atoms with E-state index in [2.05, 4.69) is 33.9 Å². The third-order valence-electron chi connectivity index (χ3n) is 2.87. The van der Waals surface area contributed by atoms with Crippen LogP contribution in [0, 0.1) is 6.10 Å². The summed E-state index contributed by atoms with van der Waals surface area (Å²) >= 11 is 0. The van der Waals surface area contributed by atoms with Crippen LogP contribution < -0.4 is 0 Å². The summed E-state index contributed by atoms with van der Waals surface area (Å²) in [5.74, 6) is 0. The summed E-state index contributed by atoms with van der Waals surface area (Å²) in [6, 6.07) is 0. The molecule has 0 fully saturated rings. The molecule has 3 heteroatoms. The van der Waals surface area contributed by atoms with Gasteiger partial charge in [0.15, 0.2) is 8.32 Å². The molecule has 1 unspecified atom stereocenters. The Morgan fingerprint density at radius 3 is 1.92 bits per heavy atom. The predicted octanol–water partition coefficient (Wildman–Crippen LogP) is 3.32. The van der Waals surface area contributed by atoms with E-state index in [9.17, 15) is 5.11 Å². The van der Waals surface area contributed by atoms with Crippen LogP contribution in [0.5, 0.6) is 0 Å². The highest BCUT2D eigenvalue weighted by molar-refractivity contribution is 6.74. The van der Waals surface area contributed by atoms with Crippen molar-refractivity contribution in [3.05, 3.63) is 6.10 Å². The number of hydrogen-bond donors (Lipinski definition) is 1. The minimum atomic E-state index is -1.71. The Bertz CT molecular complexity index is 159. The van der Waals surface area contributed by atoms with Gasteiger partial charge in [-0.2, -0.15) is 0 Å². The monoisotopic (exact) mass is 203 g/mol. The molecule has 0 saturated carbocycles. The topological polar surface area (TPSA) is 29.5 Å². The predicted molar refractivity (Wildman–Crippen MR) is 58.6 cm³/mol. The van der Waals surface area contributed by atoms with Crippen molar-refractivity contribution in [1.29, 1.82) is 0 Å². The van der Waals surface area contributed by atoms with E-state index in [4.69, 9.17) is 4.43 Å². The Morgan fingerprint density at radius 1 is 1.31 bits per heavy atom. The van der Waals surface area contributed by atoms with Gasteiger partial charge in [0.1, 0.15) is 6.10 Å². The summed E-state index contributed by atoms with van der Waals surface area (Å²) in [6.45, 7) is 14.5. The van der Waals surface area contributed by atoms with Crippen LogP contribution in [0.25, 0.3) is 0 Å². The summed E-state index contributed by atoms with van der Waals surface area (Å²) in [6.07, 6.45) is 0.228. The first kappa shape index (κ1) is 13.1. The van der Waals surface area contributed by atoms with Gasteiger partial charge < -0.3 is 9.53 Å². The third kappa shape index (κ3) is 3.79. The zero-order valence-electron chi connectivity index (χ0n) is 9.93. The Hall–Kier alpha value is 0.137. The van der Waals surface area contributed by atoms with Gasteiger partial charge in [-0.25, -0.2) is 0 Å². The van der Waals surface area contributed by atoms with E-state index >= 15 is 0 Å². The highest BCUT2D eigenvalue weighted by Gasteiger charge is 2.39. The molecule has 0 aromatic rings. The maximum absolute atomic E-state index is 9.26. The smallest absolute Gasteiger partial charge is 0.192 e. The summed E-state index contributed by atoms with van der Waals surface area (Å²) in [5.41, 5.74) is 0. The molecule has 0 spiro atoms. The largest absolute Gasteiger partial charge is 0.411 e. The first-order valence-electron chi connectivity index (χ1n) is 4.78. The van der Waals surface area contributed by atoms with Gasteiger partial charge >= 0.3 is 0 Å². The number of hydrogen-bond acceptors (Lipinski definition) is 2. The lowest BCUT2D eigenvalue weighted by atomic mass is 10.2. The van der Waals surface area contributed by atoms with Gasteiger partial charge in [0, 0.05) is 0 Å². The second kappa shape index (κ2) is 4.11. The van der Waals surface area contributed by atoms with Crippen LogP contribution in [0.1, 0.15) is 34.6 Å². The van der Waals surface area contributed by atoms with Gasteiger partial charge in [-0.1, -0.05) is 20.8 Å². The molecule has 1 atom stereocenters. The molecule has 0 bridgehead atoms. The van der Waals surface area contributed by atoms with Crippen molar-refractivity contribution >= 4 is 8.32 Å². The van der Waals surface area contributed by atoms with Crippen LogP contribution in [0.3, 0.4) is 0 Å². The Morgan fingerprint density at radius 2 is 1.69 bits per heavy atom. The van der Waals surface area contributed by atoms with Gasteiger partial charge in [0.2, 0.25) is 0 Å². The summed E-state index contributed by atoms with van der Waals surface area (Å²) in [4.78, 5) is 0. The van der Waals surface area contributed by atoms with Gasteiger partial charge in [0.25, 0.3) is 0 Å². The molecular formula is C10H23O2Si. The molecule has 0 saturated heterocycles. The van der Waals surface area contributed by atoms with Crippen LogP contribution in [0.2, 0.25) is 18.1 Å². The molecule has 0 aliphatic carbocycles. The minimum Gasteiger partial charge on any atom is -0.411 e. The first-order valence-corrected chi connectivity index (χ1v) is 7.69. The molecular weight excluding hydrogens is 180 g/mol. The molecule has 2 nitrogen and oxygen atoms in total. The fourth-order valence-electron chi connectivity index (χ4n) is 0.704. The maximum atomic E-state index is 9.26. The van der Waals surface area contributed by atoms with Gasteiger partial charge in [-0.15, -0.1) is 0 Å². The van der Waals surface area contributed by atoms with Gasteiger partial charge in [0.05, 0.1) is 6.10 Å². The normalized spacial score (nSPS) is 16.4. The average molecular weight is 203 g/mol. The van der Waals surface area contributed by atoms with Gasteiger partial charge in [-0.3, -0.25) is 0 Å². The van der Waals surface area contributed by atoms with Crippen LogP contribution in [0.15, 0.2) is 0 Å². The Balaban J connectivity index is 4.34. The fraction of sp³-hybridized carbons (Fsp3) is 0.900. The van der Waals surface area contributed by atoms with Crippen molar-refractivity contribution in [2.45, 2.75) is 58.9 Å². The summed E-state index contributed by atoms with van der Waals surface area (Å²) in [7, 11) is -1.71. The standard InChI is InChI=1S/C10H23O2Si/c1-8(11)9(2)12-13(6,7)10(3,4)5/h9,11H,1-7H3. The van der Waals surface area contributed by atoms with E-state index in [-0.39, 0.29) is 11.1 Å². The highest BCUT2D eigenvalue weighted by atomic mass is 28.4. The second-order valence-corrected chi connectivity index (χ2v) is 9.92. The molecule has 1 N–H and O–H groups in total. The van der Waals surface area contributed by atoms with Crippen molar-refractivity contribution in [3.63, 3.8) is 0 Å². The molecule has 0 aliphatic heterocycles. The molecule has 0 amide bonds. The zero-order chi connectivity index (χ0) is 10.9. The quantitative estimate of drug-likeness (QED) is 0.713. The molecule has 0 rings (SSSR count). The van der Waals surface area contributed by atoms with Crippen molar-refractivity contribution in [3.8, 4) is 0 Å². The molecule has 13 heavy (non-hydrogen) atoms. The average Bonchev–Trinajstić information content (AvgIpc) is 1.83. The van der Waals surface area contributed by atoms with Crippen LogP contribution in [-0.2, 0) is 4.43 Å². The van der Waals surface area contributed by atoms with Gasteiger partial charge in [-0.05, 0) is 32.0 Å². The lowest BCUT2D eigenvalue weighted by molar-refractivity contribution is 0.125. The molecule has 0 aromatic heterocycles. The summed E-state index contributed by atoms with van der Waals surface area (Å²) in [5, 5.41) is 9.47. The van der Waals surface area contributed by atoms with Crippen molar-refractivity contribution < 1.29 is 9.53 Å². The minimum absolute atomic E-state index is 0.138. The molecule has 79 valence electrons. The first-order chi connectivity index (χ1) is 5.58. The third-order valence-corrected chi connectivity index (χ3v) is 7.42. The van der Waals surface area contributed by atoms with Crippen molar-refractivity contribution in [1.82, 2.24) is 0 Å². The van der Waals surface area contributed by atoms with E-state index in [0.29, 0.717) is 6.10 Å². The Kier molecular flexibility index (Phi) is 4.15.